The maximum Gasteiger partial charge on any atom is 0.762 e. The highest BCUT2D eigenvalue weighted by molar-refractivity contribution is 6.33. The molecule has 0 rings (SSSR count). The first-order valence-corrected chi connectivity index (χ1v) is 2.22. The Bertz CT molecular complexity index is 31.0. The van der Waals surface area contributed by atoms with Gasteiger partial charge in [-0.1, -0.05) is 6.92 Å². The molecular weight excluding hydrogens is 118 g/mol. The second-order valence-electron chi connectivity index (χ2n) is 0.955. The van der Waals surface area contributed by atoms with Crippen LogP contribution in [-0.2, 0) is 0 Å². The van der Waals surface area contributed by atoms with Gasteiger partial charge in [-0.25, -0.2) is 0 Å². The van der Waals surface area contributed by atoms with Gasteiger partial charge in [0, 0.05) is 0 Å². The highest BCUT2D eigenvalue weighted by Crippen LogP contribution is 1.80. The Labute approximate surface area is 47.5 Å². The van der Waals surface area contributed by atoms with Crippen LogP contribution in [0.1, 0.15) is 6.92 Å². The molecule has 0 bridgehead atoms. The monoisotopic (exact) mass is 127 g/mol. The van der Waals surface area contributed by atoms with E-state index in [-0.39, 0.29) is 0 Å². The highest BCUT2D eigenvalue weighted by Gasteiger charge is 2.06. The molecule has 5 heteroatoms. The Morgan fingerprint density at radius 1 is 1.38 bits per heavy atom. The predicted molar refractivity (Wildman–Crippen MR) is 28.7 cm³/mol. The smallest absolute Gasteiger partial charge is 0.320 e. The molecule has 0 spiro atoms. The second kappa shape index (κ2) is 9.94. The van der Waals surface area contributed by atoms with Gasteiger partial charge in [0.15, 0.2) is 0 Å². The van der Waals surface area contributed by atoms with Gasteiger partial charge < -0.3 is 5.32 Å². The van der Waals surface area contributed by atoms with Crippen LogP contribution >= 0.6 is 0 Å². The molecule has 0 atom stereocenters. The lowest BCUT2D eigenvalue weighted by Crippen LogP contribution is -2.01. The van der Waals surface area contributed by atoms with Crippen molar-refractivity contribution in [3.63, 3.8) is 0 Å². The summed E-state index contributed by atoms with van der Waals surface area (Å²) in [7, 11) is -1.74. The van der Waals surface area contributed by atoms with Crippen molar-refractivity contribution in [1.82, 2.24) is 5.32 Å². The van der Waals surface area contributed by atoms with Gasteiger partial charge in [0.1, 0.15) is 0 Å². The zero-order valence-corrected chi connectivity index (χ0v) is 4.92. The summed E-state index contributed by atoms with van der Waals surface area (Å²) in [5.41, 5.74) is 0. The van der Waals surface area contributed by atoms with Crippen LogP contribution in [0.3, 0.4) is 0 Å². The summed E-state index contributed by atoms with van der Waals surface area (Å²) < 4.78 is 29.0. The lowest BCUT2D eigenvalue weighted by molar-refractivity contribution is 0.535. The molecule has 50 valence electrons. The molecule has 0 saturated heterocycles. The molecule has 1 N–H and O–H groups in total. The van der Waals surface area contributed by atoms with E-state index in [1.54, 1.807) is 0 Å². The predicted octanol–water partition coefficient (Wildman–Crippen LogP) is 1.11. The van der Waals surface area contributed by atoms with Gasteiger partial charge in [0.25, 0.3) is 0 Å². The van der Waals surface area contributed by atoms with Crippen LogP contribution in [0.5, 0.6) is 0 Å². The number of nitrogens with one attached hydrogen (secondary N) is 1. The summed E-state index contributed by atoms with van der Waals surface area (Å²) in [6, 6.07) is 0. The van der Waals surface area contributed by atoms with Gasteiger partial charge in [-0.05, 0) is 13.6 Å². The first-order valence-electron chi connectivity index (χ1n) is 2.22. The maximum atomic E-state index is 9.67. The number of halogens is 3. The van der Waals surface area contributed by atoms with E-state index in [1.807, 2.05) is 7.05 Å². The molecule has 0 heterocycles. The first-order chi connectivity index (χ1) is 3.65. The van der Waals surface area contributed by atoms with Gasteiger partial charge >= 0.3 is 7.54 Å². The average molecular weight is 127 g/mol. The van der Waals surface area contributed by atoms with Crippen molar-refractivity contribution < 1.29 is 12.9 Å². The Morgan fingerprint density at radius 2 is 1.50 bits per heavy atom. The van der Waals surface area contributed by atoms with Crippen molar-refractivity contribution in [1.29, 1.82) is 0 Å². The molecule has 0 aromatic rings. The fourth-order valence-corrected chi connectivity index (χ4v) is 0. The average Bonchev–Trinajstić information content (AvgIpc) is 1.65. The lowest BCUT2D eigenvalue weighted by Gasteiger charge is -1.76. The molecule has 0 aliphatic rings. The van der Waals surface area contributed by atoms with Crippen LogP contribution in [0.25, 0.3) is 0 Å². The zero-order valence-electron chi connectivity index (χ0n) is 4.92. The van der Waals surface area contributed by atoms with E-state index in [0.29, 0.717) is 0 Å². The maximum absolute atomic E-state index is 9.67. The van der Waals surface area contributed by atoms with E-state index < -0.39 is 7.54 Å². The zero-order chi connectivity index (χ0) is 6.99. The Kier molecular flexibility index (Phi) is 13.3. The van der Waals surface area contributed by atoms with Crippen molar-refractivity contribution in [3.8, 4) is 0 Å². The van der Waals surface area contributed by atoms with E-state index >= 15 is 0 Å². The molecule has 0 aliphatic carbocycles. The lowest BCUT2D eigenvalue weighted by atomic mass is 10.5. The van der Waals surface area contributed by atoms with Crippen LogP contribution in [0.2, 0.25) is 0 Å². The molecule has 0 aromatic heterocycles. The van der Waals surface area contributed by atoms with Gasteiger partial charge in [0.2, 0.25) is 0 Å². The molecule has 0 radical (unpaired) electrons. The molecule has 0 aromatic carbocycles. The first kappa shape index (κ1) is 10.7. The molecule has 8 heavy (non-hydrogen) atoms. The molecule has 0 aliphatic heterocycles. The summed E-state index contributed by atoms with van der Waals surface area (Å²) in [6.45, 7) is 3.14. The molecule has 0 fully saturated rings. The normalized spacial score (nSPS) is 7.12. The summed E-state index contributed by atoms with van der Waals surface area (Å²) in [5.74, 6) is 0. The Balaban J connectivity index is 0. The van der Waals surface area contributed by atoms with E-state index in [2.05, 4.69) is 12.2 Å². The summed E-state index contributed by atoms with van der Waals surface area (Å²) in [4.78, 5) is 0. The van der Waals surface area contributed by atoms with Crippen LogP contribution in [0.15, 0.2) is 0 Å². The van der Waals surface area contributed by atoms with Crippen LogP contribution in [0.4, 0.5) is 12.9 Å². The third kappa shape index (κ3) is 203. The third-order valence-electron chi connectivity index (χ3n) is 0.354. The van der Waals surface area contributed by atoms with Crippen LogP contribution in [-0.4, -0.2) is 21.1 Å². The summed E-state index contributed by atoms with van der Waals surface area (Å²) >= 11 is 0. The Morgan fingerprint density at radius 3 is 1.50 bits per heavy atom. The number of rotatable bonds is 1. The van der Waals surface area contributed by atoms with E-state index in [4.69, 9.17) is 0 Å². The van der Waals surface area contributed by atoms with Gasteiger partial charge in [0.05, 0.1) is 0 Å². The van der Waals surface area contributed by atoms with Gasteiger partial charge in [-0.2, -0.15) is 0 Å². The van der Waals surface area contributed by atoms with Crippen molar-refractivity contribution >= 4 is 7.54 Å². The number of hydrogen-bond donors (Lipinski definition) is 1. The topological polar surface area (TPSA) is 12.0 Å². The summed E-state index contributed by atoms with van der Waals surface area (Å²) in [6.07, 6.45) is 0. The SMILES string of the molecule is CCNC.FB(F)F. The number of hydrogen-bond acceptors (Lipinski definition) is 1. The molecule has 1 nitrogen and oxygen atoms in total. The molecule has 0 amide bonds. The standard InChI is InChI=1S/C3H9N.BF3/c1-3-4-2;2-1(3)4/h4H,3H2,1-2H3;. The largest absolute Gasteiger partial charge is 0.762 e. The van der Waals surface area contributed by atoms with Crippen molar-refractivity contribution in [2.45, 2.75) is 6.92 Å². The van der Waals surface area contributed by atoms with E-state index in [9.17, 15) is 12.9 Å². The molecule has 0 unspecified atom stereocenters. The second-order valence-corrected chi connectivity index (χ2v) is 0.955. The molecule has 0 saturated carbocycles. The molecular formula is C3H9BF3N. The minimum Gasteiger partial charge on any atom is -0.320 e. The van der Waals surface area contributed by atoms with E-state index in [0.717, 1.165) is 6.54 Å². The highest BCUT2D eigenvalue weighted by atomic mass is 19.4. The van der Waals surface area contributed by atoms with Gasteiger partial charge in [-0.3, -0.25) is 12.9 Å². The fourth-order valence-electron chi connectivity index (χ4n) is 0. The fraction of sp³-hybridized carbons (Fsp3) is 1.00. The Hall–Kier alpha value is -0.185. The van der Waals surface area contributed by atoms with Crippen LogP contribution in [0, 0.1) is 0 Å². The van der Waals surface area contributed by atoms with Crippen LogP contribution < -0.4 is 5.32 Å². The minimum absolute atomic E-state index is 1.07. The summed E-state index contributed by atoms with van der Waals surface area (Å²) in [5, 5.41) is 2.93. The van der Waals surface area contributed by atoms with E-state index in [1.165, 1.54) is 0 Å². The quantitative estimate of drug-likeness (QED) is 0.520. The minimum atomic E-state index is -3.67. The van der Waals surface area contributed by atoms with Crippen molar-refractivity contribution in [2.24, 2.45) is 0 Å². The van der Waals surface area contributed by atoms with Crippen molar-refractivity contribution in [2.75, 3.05) is 13.6 Å². The van der Waals surface area contributed by atoms with Crippen molar-refractivity contribution in [3.05, 3.63) is 0 Å². The third-order valence-corrected chi connectivity index (χ3v) is 0.354. The van der Waals surface area contributed by atoms with Gasteiger partial charge in [-0.15, -0.1) is 0 Å².